The predicted molar refractivity (Wildman–Crippen MR) is 116 cm³/mol. The molecule has 4 rings (SSSR count). The zero-order valence-electron chi connectivity index (χ0n) is 17.7. The number of rotatable bonds is 8. The van der Waals surface area contributed by atoms with E-state index in [-0.39, 0.29) is 43.2 Å². The lowest BCUT2D eigenvalue weighted by molar-refractivity contribution is -0.131. The second-order valence-electron chi connectivity index (χ2n) is 8.27. The van der Waals surface area contributed by atoms with Gasteiger partial charge in [-0.05, 0) is 49.1 Å². The standard InChI is InChI=1S/C24H26FN3O4/c25-18-7-4-9-20(15-18)32-16-17-6-3-8-19(14-17)26-21(29)10-5-13-28-22(30)24(27-23(28)31)11-1-2-12-24/h3-4,6-9,14-15H,1-2,5,10-13,16H2,(H,26,29)(H,27,31). The Kier molecular flexibility index (Phi) is 6.39. The fourth-order valence-electron chi connectivity index (χ4n) is 4.28. The van der Waals surface area contributed by atoms with E-state index in [9.17, 15) is 18.8 Å². The summed E-state index contributed by atoms with van der Waals surface area (Å²) in [6, 6.07) is 12.8. The predicted octanol–water partition coefficient (Wildman–Crippen LogP) is 3.99. The molecule has 1 spiro atoms. The number of carbonyl (C=O) groups is 3. The lowest BCUT2D eigenvalue weighted by atomic mass is 9.98. The Bertz CT molecular complexity index is 1020. The van der Waals surface area contributed by atoms with Crippen LogP contribution in [-0.2, 0) is 16.2 Å². The quantitative estimate of drug-likeness (QED) is 0.609. The molecule has 0 unspecified atom stereocenters. The monoisotopic (exact) mass is 439 g/mol. The second-order valence-corrected chi connectivity index (χ2v) is 8.27. The van der Waals surface area contributed by atoms with E-state index in [1.54, 1.807) is 30.3 Å². The number of imide groups is 1. The molecule has 0 radical (unpaired) electrons. The van der Waals surface area contributed by atoms with Crippen LogP contribution in [0.25, 0.3) is 0 Å². The first-order valence-electron chi connectivity index (χ1n) is 10.9. The van der Waals surface area contributed by atoms with Crippen LogP contribution >= 0.6 is 0 Å². The van der Waals surface area contributed by atoms with Gasteiger partial charge in [0.25, 0.3) is 5.91 Å². The number of benzene rings is 2. The molecular weight excluding hydrogens is 413 g/mol. The Hall–Kier alpha value is -3.42. The van der Waals surface area contributed by atoms with E-state index in [0.717, 1.165) is 18.4 Å². The van der Waals surface area contributed by atoms with Gasteiger partial charge in [0.15, 0.2) is 0 Å². The number of amides is 4. The molecule has 1 aliphatic heterocycles. The van der Waals surface area contributed by atoms with E-state index >= 15 is 0 Å². The molecule has 168 valence electrons. The minimum atomic E-state index is -0.715. The van der Waals surface area contributed by atoms with Gasteiger partial charge in [0, 0.05) is 24.7 Å². The Morgan fingerprint density at radius 1 is 1.12 bits per heavy atom. The maximum Gasteiger partial charge on any atom is 0.325 e. The van der Waals surface area contributed by atoms with E-state index in [1.165, 1.54) is 17.0 Å². The van der Waals surface area contributed by atoms with Crippen LogP contribution in [-0.4, -0.2) is 34.8 Å². The van der Waals surface area contributed by atoms with Crippen LogP contribution in [0, 0.1) is 5.82 Å². The van der Waals surface area contributed by atoms with Crippen molar-refractivity contribution in [3.8, 4) is 5.75 Å². The largest absolute Gasteiger partial charge is 0.489 e. The summed E-state index contributed by atoms with van der Waals surface area (Å²) in [6.45, 7) is 0.461. The second kappa shape index (κ2) is 9.38. The highest BCUT2D eigenvalue weighted by Crippen LogP contribution is 2.35. The van der Waals surface area contributed by atoms with E-state index in [1.807, 2.05) is 6.07 Å². The highest BCUT2D eigenvalue weighted by atomic mass is 19.1. The van der Waals surface area contributed by atoms with Gasteiger partial charge in [-0.1, -0.05) is 31.0 Å². The molecular formula is C24H26FN3O4. The molecule has 32 heavy (non-hydrogen) atoms. The number of nitrogens with one attached hydrogen (secondary N) is 2. The summed E-state index contributed by atoms with van der Waals surface area (Å²) in [5, 5.41) is 5.67. The Morgan fingerprint density at radius 3 is 2.69 bits per heavy atom. The summed E-state index contributed by atoms with van der Waals surface area (Å²) in [6.07, 6.45) is 3.84. The molecule has 0 aromatic heterocycles. The Balaban J connectivity index is 1.24. The van der Waals surface area contributed by atoms with Crippen LogP contribution in [0.2, 0.25) is 0 Å². The molecule has 1 aliphatic carbocycles. The summed E-state index contributed by atoms with van der Waals surface area (Å²) >= 11 is 0. The molecule has 2 aromatic rings. The first-order valence-corrected chi connectivity index (χ1v) is 10.9. The first-order chi connectivity index (χ1) is 15.4. The van der Waals surface area contributed by atoms with Gasteiger partial charge in [-0.3, -0.25) is 14.5 Å². The van der Waals surface area contributed by atoms with Crippen LogP contribution in [0.5, 0.6) is 5.75 Å². The van der Waals surface area contributed by atoms with Gasteiger partial charge in [-0.25, -0.2) is 9.18 Å². The molecule has 0 bridgehead atoms. The van der Waals surface area contributed by atoms with Gasteiger partial charge in [0.1, 0.15) is 23.7 Å². The van der Waals surface area contributed by atoms with Crippen molar-refractivity contribution in [3.63, 3.8) is 0 Å². The van der Waals surface area contributed by atoms with E-state index in [2.05, 4.69) is 10.6 Å². The molecule has 2 aliphatic rings. The number of carbonyl (C=O) groups excluding carboxylic acids is 3. The van der Waals surface area contributed by atoms with Crippen molar-refractivity contribution in [1.82, 2.24) is 10.2 Å². The third-order valence-corrected chi connectivity index (χ3v) is 5.90. The van der Waals surface area contributed by atoms with Gasteiger partial charge >= 0.3 is 6.03 Å². The van der Waals surface area contributed by atoms with Crippen LogP contribution in [0.1, 0.15) is 44.1 Å². The van der Waals surface area contributed by atoms with Crippen molar-refractivity contribution < 1.29 is 23.5 Å². The topological polar surface area (TPSA) is 87.7 Å². The van der Waals surface area contributed by atoms with E-state index in [4.69, 9.17) is 4.74 Å². The van der Waals surface area contributed by atoms with Crippen molar-refractivity contribution in [2.45, 2.75) is 50.7 Å². The van der Waals surface area contributed by atoms with Crippen molar-refractivity contribution in [3.05, 3.63) is 59.9 Å². The number of anilines is 1. The van der Waals surface area contributed by atoms with Crippen molar-refractivity contribution in [2.24, 2.45) is 0 Å². The van der Waals surface area contributed by atoms with Crippen molar-refractivity contribution in [2.75, 3.05) is 11.9 Å². The summed E-state index contributed by atoms with van der Waals surface area (Å²) < 4.78 is 18.8. The number of hydrogen-bond acceptors (Lipinski definition) is 4. The van der Waals surface area contributed by atoms with Gasteiger partial charge in [-0.15, -0.1) is 0 Å². The van der Waals surface area contributed by atoms with Gasteiger partial charge in [0.2, 0.25) is 5.91 Å². The molecule has 2 fully saturated rings. The molecule has 4 amide bonds. The number of nitrogens with zero attached hydrogens (tertiary/aromatic N) is 1. The molecule has 1 heterocycles. The summed E-state index contributed by atoms with van der Waals surface area (Å²) in [4.78, 5) is 38.4. The molecule has 0 atom stereocenters. The zero-order valence-corrected chi connectivity index (χ0v) is 17.7. The fraction of sp³-hybridized carbons (Fsp3) is 0.375. The molecule has 8 heteroatoms. The normalized spacial score (nSPS) is 17.0. The number of hydrogen-bond donors (Lipinski definition) is 2. The minimum Gasteiger partial charge on any atom is -0.489 e. The fourth-order valence-corrected chi connectivity index (χ4v) is 4.28. The Morgan fingerprint density at radius 2 is 1.91 bits per heavy atom. The number of urea groups is 1. The first kappa shape index (κ1) is 21.8. The van der Waals surface area contributed by atoms with Crippen LogP contribution in [0.15, 0.2) is 48.5 Å². The molecule has 2 N–H and O–H groups in total. The third-order valence-electron chi connectivity index (χ3n) is 5.90. The van der Waals surface area contributed by atoms with Crippen molar-refractivity contribution in [1.29, 1.82) is 0 Å². The third kappa shape index (κ3) is 4.90. The maximum absolute atomic E-state index is 13.2. The number of ether oxygens (including phenoxy) is 1. The average molecular weight is 439 g/mol. The van der Waals surface area contributed by atoms with Gasteiger partial charge in [-0.2, -0.15) is 0 Å². The van der Waals surface area contributed by atoms with Crippen LogP contribution in [0.4, 0.5) is 14.9 Å². The summed E-state index contributed by atoms with van der Waals surface area (Å²) in [7, 11) is 0. The minimum absolute atomic E-state index is 0.161. The van der Waals surface area contributed by atoms with Crippen LogP contribution in [0.3, 0.4) is 0 Å². The zero-order chi connectivity index (χ0) is 22.6. The van der Waals surface area contributed by atoms with Crippen LogP contribution < -0.4 is 15.4 Å². The maximum atomic E-state index is 13.2. The van der Waals surface area contributed by atoms with E-state index < -0.39 is 5.54 Å². The molecule has 7 nitrogen and oxygen atoms in total. The molecule has 2 aromatic carbocycles. The number of halogens is 1. The molecule has 1 saturated carbocycles. The molecule has 1 saturated heterocycles. The van der Waals surface area contributed by atoms with Crippen molar-refractivity contribution >= 4 is 23.5 Å². The van der Waals surface area contributed by atoms with Gasteiger partial charge < -0.3 is 15.4 Å². The lowest BCUT2D eigenvalue weighted by Crippen LogP contribution is -2.44. The van der Waals surface area contributed by atoms with Gasteiger partial charge in [0.05, 0.1) is 0 Å². The van der Waals surface area contributed by atoms with E-state index in [0.29, 0.717) is 30.7 Å². The summed E-state index contributed by atoms with van der Waals surface area (Å²) in [5.74, 6) is -0.295. The SMILES string of the molecule is O=C(CCCN1C(=O)NC2(CCCC2)C1=O)Nc1cccc(COc2cccc(F)c2)c1. The lowest BCUT2D eigenvalue weighted by Gasteiger charge is -2.19. The Labute approximate surface area is 185 Å². The highest BCUT2D eigenvalue weighted by molar-refractivity contribution is 6.07. The summed E-state index contributed by atoms with van der Waals surface area (Å²) in [5.41, 5.74) is 0.733. The highest BCUT2D eigenvalue weighted by Gasteiger charge is 2.52. The smallest absolute Gasteiger partial charge is 0.325 e. The average Bonchev–Trinajstić information content (AvgIpc) is 3.33.